The van der Waals surface area contributed by atoms with E-state index in [0.29, 0.717) is 26.2 Å². The van der Waals surface area contributed by atoms with Crippen LogP contribution in [0, 0.1) is 12.3 Å². The lowest BCUT2D eigenvalue weighted by molar-refractivity contribution is -0.138. The van der Waals surface area contributed by atoms with Gasteiger partial charge in [0.1, 0.15) is 6.33 Å². The third-order valence-electron chi connectivity index (χ3n) is 5.55. The number of amides is 2. The summed E-state index contributed by atoms with van der Waals surface area (Å²) in [4.78, 5) is 38.1. The van der Waals surface area contributed by atoms with Crippen molar-refractivity contribution >= 4 is 11.8 Å². The normalized spacial score (nSPS) is 22.7. The number of aryl methyl sites for hydroxylation is 2. The lowest BCUT2D eigenvalue weighted by Gasteiger charge is -2.38. The highest BCUT2D eigenvalue weighted by molar-refractivity contribution is 5.92. The van der Waals surface area contributed by atoms with Crippen molar-refractivity contribution in [1.82, 2.24) is 29.5 Å². The smallest absolute Gasteiger partial charge is 0.293 e. The summed E-state index contributed by atoms with van der Waals surface area (Å²) in [7, 11) is 1.74. The van der Waals surface area contributed by atoms with Crippen molar-refractivity contribution in [2.45, 2.75) is 32.7 Å². The largest absolute Gasteiger partial charge is 0.336 e. The first-order chi connectivity index (χ1) is 13.0. The van der Waals surface area contributed by atoms with Gasteiger partial charge in [-0.05, 0) is 38.3 Å². The number of piperidine rings is 1. The average Bonchev–Trinajstić information content (AvgIpc) is 3.21. The number of nitrogens with zero attached hydrogens (tertiary/aromatic N) is 6. The molecule has 0 radical (unpaired) electrons. The molecule has 0 unspecified atom stereocenters. The fourth-order valence-corrected chi connectivity index (χ4v) is 4.19. The standard InChI is InChI=1S/C19H24N6O2/c1-14-5-3-6-15(21-14)11-24-10-8-19(18(24)27)7-4-9-25(12-19)17(26)16-20-13-23(2)22-16/h3,5-6,13H,4,7-12H2,1-2H3/t19-/m1/s1. The summed E-state index contributed by atoms with van der Waals surface area (Å²) in [6.07, 6.45) is 3.94. The van der Waals surface area contributed by atoms with Gasteiger partial charge >= 0.3 is 0 Å². The lowest BCUT2D eigenvalue weighted by atomic mass is 9.78. The molecule has 0 bridgehead atoms. The van der Waals surface area contributed by atoms with E-state index in [0.717, 1.165) is 30.7 Å². The third kappa shape index (κ3) is 3.31. The molecule has 2 saturated heterocycles. The van der Waals surface area contributed by atoms with Crippen molar-refractivity contribution in [3.63, 3.8) is 0 Å². The topological polar surface area (TPSA) is 84.2 Å². The second kappa shape index (κ2) is 6.75. The minimum Gasteiger partial charge on any atom is -0.336 e. The van der Waals surface area contributed by atoms with Gasteiger partial charge in [-0.3, -0.25) is 19.3 Å². The lowest BCUT2D eigenvalue weighted by Crippen LogP contribution is -2.50. The molecule has 0 aromatic carbocycles. The predicted molar refractivity (Wildman–Crippen MR) is 97.6 cm³/mol. The van der Waals surface area contributed by atoms with E-state index < -0.39 is 5.41 Å². The maximum Gasteiger partial charge on any atom is 0.293 e. The molecule has 27 heavy (non-hydrogen) atoms. The van der Waals surface area contributed by atoms with Crippen LogP contribution in [0.25, 0.3) is 0 Å². The molecule has 1 atom stereocenters. The van der Waals surface area contributed by atoms with E-state index in [2.05, 4.69) is 15.1 Å². The van der Waals surface area contributed by atoms with Crippen LogP contribution in [0.5, 0.6) is 0 Å². The van der Waals surface area contributed by atoms with E-state index in [1.54, 1.807) is 11.9 Å². The minimum absolute atomic E-state index is 0.136. The highest BCUT2D eigenvalue weighted by Crippen LogP contribution is 2.40. The third-order valence-corrected chi connectivity index (χ3v) is 5.55. The molecule has 8 nitrogen and oxygen atoms in total. The fourth-order valence-electron chi connectivity index (χ4n) is 4.19. The van der Waals surface area contributed by atoms with Gasteiger partial charge in [0, 0.05) is 32.4 Å². The second-order valence-electron chi connectivity index (χ2n) is 7.60. The fraction of sp³-hybridized carbons (Fsp3) is 0.526. The van der Waals surface area contributed by atoms with Crippen LogP contribution >= 0.6 is 0 Å². The number of carbonyl (C=O) groups is 2. The van der Waals surface area contributed by atoms with Gasteiger partial charge in [-0.15, -0.1) is 5.10 Å². The molecule has 2 aliphatic rings. The summed E-state index contributed by atoms with van der Waals surface area (Å²) in [6.45, 7) is 4.27. The number of likely N-dealkylation sites (tertiary alicyclic amines) is 2. The van der Waals surface area contributed by atoms with E-state index in [1.807, 2.05) is 30.0 Å². The van der Waals surface area contributed by atoms with Gasteiger partial charge in [0.05, 0.1) is 17.7 Å². The molecule has 8 heteroatoms. The van der Waals surface area contributed by atoms with E-state index in [-0.39, 0.29) is 17.6 Å². The molecule has 0 saturated carbocycles. The molecule has 2 aromatic heterocycles. The Hall–Kier alpha value is -2.77. The summed E-state index contributed by atoms with van der Waals surface area (Å²) >= 11 is 0. The molecule has 142 valence electrons. The molecule has 1 spiro atoms. The van der Waals surface area contributed by atoms with Crippen LogP contribution in [0.2, 0.25) is 0 Å². The van der Waals surface area contributed by atoms with Gasteiger partial charge in [-0.2, -0.15) is 0 Å². The SMILES string of the molecule is Cc1cccc(CN2CC[C@@]3(CCCN(C(=O)c4ncn(C)n4)C3)C2=O)n1. The highest BCUT2D eigenvalue weighted by Gasteiger charge is 2.49. The molecule has 0 aliphatic carbocycles. The molecular formula is C19H24N6O2. The maximum atomic E-state index is 13.2. The van der Waals surface area contributed by atoms with Crippen molar-refractivity contribution in [3.8, 4) is 0 Å². The Labute approximate surface area is 158 Å². The number of pyridine rings is 1. The zero-order valence-corrected chi connectivity index (χ0v) is 15.8. The molecule has 4 heterocycles. The maximum absolute atomic E-state index is 13.2. The Bertz CT molecular complexity index is 879. The highest BCUT2D eigenvalue weighted by atomic mass is 16.2. The summed E-state index contributed by atoms with van der Waals surface area (Å²) in [5, 5.41) is 4.11. The minimum atomic E-state index is -0.480. The average molecular weight is 368 g/mol. The van der Waals surface area contributed by atoms with E-state index in [1.165, 1.54) is 11.0 Å². The van der Waals surface area contributed by atoms with Crippen molar-refractivity contribution in [2.75, 3.05) is 19.6 Å². The van der Waals surface area contributed by atoms with E-state index in [9.17, 15) is 9.59 Å². The molecule has 0 N–H and O–H groups in total. The van der Waals surface area contributed by atoms with Crippen LogP contribution in [0.15, 0.2) is 24.5 Å². The quantitative estimate of drug-likeness (QED) is 0.812. The van der Waals surface area contributed by atoms with E-state index in [4.69, 9.17) is 0 Å². The molecular weight excluding hydrogens is 344 g/mol. The Balaban J connectivity index is 1.48. The van der Waals surface area contributed by atoms with Crippen molar-refractivity contribution < 1.29 is 9.59 Å². The summed E-state index contributed by atoms with van der Waals surface area (Å²) in [5.41, 5.74) is 1.37. The first kappa shape index (κ1) is 17.6. The number of rotatable bonds is 3. The number of aromatic nitrogens is 4. The van der Waals surface area contributed by atoms with E-state index >= 15 is 0 Å². The molecule has 2 aliphatic heterocycles. The number of carbonyl (C=O) groups excluding carboxylic acids is 2. The number of hydrogen-bond acceptors (Lipinski definition) is 5. The molecule has 2 fully saturated rings. The van der Waals surface area contributed by atoms with Crippen molar-refractivity contribution in [2.24, 2.45) is 12.5 Å². The zero-order chi connectivity index (χ0) is 19.0. The Kier molecular flexibility index (Phi) is 4.41. The van der Waals surface area contributed by atoms with Crippen LogP contribution in [0.1, 0.15) is 41.3 Å². The summed E-state index contributed by atoms with van der Waals surface area (Å²) in [5.74, 6) is 0.138. The van der Waals surface area contributed by atoms with Gasteiger partial charge in [-0.1, -0.05) is 6.07 Å². The monoisotopic (exact) mass is 368 g/mol. The molecule has 2 amide bonds. The predicted octanol–water partition coefficient (Wildman–Crippen LogP) is 1.17. The van der Waals surface area contributed by atoms with Gasteiger partial charge in [0.15, 0.2) is 0 Å². The first-order valence-corrected chi connectivity index (χ1v) is 9.34. The van der Waals surface area contributed by atoms with Crippen molar-refractivity contribution in [3.05, 3.63) is 41.7 Å². The van der Waals surface area contributed by atoms with Gasteiger partial charge < -0.3 is 9.80 Å². The Morgan fingerprint density at radius 3 is 2.85 bits per heavy atom. The van der Waals surface area contributed by atoms with Crippen molar-refractivity contribution in [1.29, 1.82) is 0 Å². The summed E-state index contributed by atoms with van der Waals surface area (Å²) in [6, 6.07) is 5.87. The van der Waals surface area contributed by atoms with Crippen LogP contribution in [-0.2, 0) is 18.4 Å². The molecule has 4 rings (SSSR count). The van der Waals surface area contributed by atoms with Crippen LogP contribution in [0.4, 0.5) is 0 Å². The van der Waals surface area contributed by atoms with Crippen LogP contribution in [0.3, 0.4) is 0 Å². The first-order valence-electron chi connectivity index (χ1n) is 9.34. The zero-order valence-electron chi connectivity index (χ0n) is 15.8. The second-order valence-corrected chi connectivity index (χ2v) is 7.60. The Morgan fingerprint density at radius 2 is 2.11 bits per heavy atom. The van der Waals surface area contributed by atoms with Gasteiger partial charge in [0.25, 0.3) is 5.91 Å². The van der Waals surface area contributed by atoms with Gasteiger partial charge in [-0.25, -0.2) is 4.98 Å². The number of hydrogen-bond donors (Lipinski definition) is 0. The molecule has 2 aromatic rings. The Morgan fingerprint density at radius 1 is 1.26 bits per heavy atom. The summed E-state index contributed by atoms with van der Waals surface area (Å²) < 4.78 is 1.52. The van der Waals surface area contributed by atoms with Gasteiger partial charge in [0.2, 0.25) is 11.7 Å². The van der Waals surface area contributed by atoms with Crippen LogP contribution < -0.4 is 0 Å². The van der Waals surface area contributed by atoms with Crippen LogP contribution in [-0.4, -0.2) is 61.0 Å².